The summed E-state index contributed by atoms with van der Waals surface area (Å²) in [6.45, 7) is 6.70. The zero-order chi connectivity index (χ0) is 17.1. The highest BCUT2D eigenvalue weighted by Crippen LogP contribution is 2.29. The minimum absolute atomic E-state index is 0.254. The fraction of sp³-hybridized carbons (Fsp3) is 0.333. The van der Waals surface area contributed by atoms with Crippen molar-refractivity contribution >= 4 is 0 Å². The third-order valence-corrected chi connectivity index (χ3v) is 4.28. The Hall–Kier alpha value is -2.30. The van der Waals surface area contributed by atoms with E-state index in [1.165, 1.54) is 0 Å². The highest BCUT2D eigenvalue weighted by Gasteiger charge is 2.24. The summed E-state index contributed by atoms with van der Waals surface area (Å²) in [7, 11) is 0. The van der Waals surface area contributed by atoms with Gasteiger partial charge in [0.1, 0.15) is 36.9 Å². The smallest absolute Gasteiger partial charge is 0.122 e. The molecule has 2 saturated heterocycles. The van der Waals surface area contributed by atoms with E-state index in [1.807, 2.05) is 24.3 Å². The first kappa shape index (κ1) is 16.2. The number of epoxide rings is 2. The van der Waals surface area contributed by atoms with Crippen LogP contribution in [0, 0.1) is 0 Å². The summed E-state index contributed by atoms with van der Waals surface area (Å²) < 4.78 is 21.9. The Balaban J connectivity index is 1.47. The van der Waals surface area contributed by atoms with Crippen LogP contribution >= 0.6 is 0 Å². The molecular formula is C21H22O4. The molecule has 0 aromatic heterocycles. The molecule has 2 unspecified atom stereocenters. The maximum atomic E-state index is 5.88. The Morgan fingerprint density at radius 2 is 1.56 bits per heavy atom. The largest absolute Gasteiger partial charge is 0.491 e. The zero-order valence-electron chi connectivity index (χ0n) is 14.1. The van der Waals surface area contributed by atoms with Crippen LogP contribution in [-0.4, -0.2) is 38.6 Å². The maximum Gasteiger partial charge on any atom is 0.122 e. The molecule has 0 N–H and O–H groups in total. The molecule has 2 aliphatic rings. The summed E-state index contributed by atoms with van der Waals surface area (Å²) in [4.78, 5) is 0. The van der Waals surface area contributed by atoms with Crippen LogP contribution in [0.2, 0.25) is 0 Å². The molecule has 4 nitrogen and oxygen atoms in total. The summed E-state index contributed by atoms with van der Waals surface area (Å²) in [5, 5.41) is 0. The van der Waals surface area contributed by atoms with Gasteiger partial charge in [-0.3, -0.25) is 0 Å². The highest BCUT2D eigenvalue weighted by atomic mass is 16.6. The van der Waals surface area contributed by atoms with Crippen LogP contribution in [0.5, 0.6) is 11.5 Å². The Kier molecular flexibility index (Phi) is 4.72. The summed E-state index contributed by atoms with van der Waals surface area (Å²) in [5.41, 5.74) is 3.45. The molecule has 2 heterocycles. The van der Waals surface area contributed by atoms with Gasteiger partial charge in [-0.05, 0) is 47.4 Å². The standard InChI is InChI=1S/C21H22O4/c1-2-3-17-10-16(6-9-21(17)25-14-20-13-24-20)15-4-7-18(8-5-15)22-11-19-12-23-19/h2,4-10,19-20H,1,3,11-14H2. The van der Waals surface area contributed by atoms with E-state index in [-0.39, 0.29) is 12.2 Å². The number of rotatable bonds is 9. The predicted molar refractivity (Wildman–Crippen MR) is 96.2 cm³/mol. The lowest BCUT2D eigenvalue weighted by atomic mass is 10.0. The van der Waals surface area contributed by atoms with Gasteiger partial charge in [-0.1, -0.05) is 24.3 Å². The maximum absolute atomic E-state index is 5.88. The van der Waals surface area contributed by atoms with Crippen molar-refractivity contribution < 1.29 is 18.9 Å². The van der Waals surface area contributed by atoms with Crippen molar-refractivity contribution in [1.29, 1.82) is 0 Å². The van der Waals surface area contributed by atoms with Crippen molar-refractivity contribution in [3.8, 4) is 22.6 Å². The van der Waals surface area contributed by atoms with Gasteiger partial charge in [-0.15, -0.1) is 6.58 Å². The lowest BCUT2D eigenvalue weighted by Crippen LogP contribution is -2.05. The van der Waals surface area contributed by atoms with Crippen molar-refractivity contribution in [2.45, 2.75) is 18.6 Å². The van der Waals surface area contributed by atoms with Gasteiger partial charge in [-0.2, -0.15) is 0 Å². The molecular weight excluding hydrogens is 316 g/mol. The Morgan fingerprint density at radius 1 is 0.920 bits per heavy atom. The highest BCUT2D eigenvalue weighted by molar-refractivity contribution is 5.66. The van der Waals surface area contributed by atoms with Gasteiger partial charge in [0.15, 0.2) is 0 Å². The van der Waals surface area contributed by atoms with Crippen LogP contribution in [0.3, 0.4) is 0 Å². The molecule has 2 aromatic carbocycles. The van der Waals surface area contributed by atoms with Crippen molar-refractivity contribution in [1.82, 2.24) is 0 Å². The average molecular weight is 338 g/mol. The first-order chi connectivity index (χ1) is 12.3. The van der Waals surface area contributed by atoms with E-state index < -0.39 is 0 Å². The Labute approximate surface area is 148 Å². The summed E-state index contributed by atoms with van der Waals surface area (Å²) >= 11 is 0. The lowest BCUT2D eigenvalue weighted by molar-refractivity contribution is 0.261. The third-order valence-electron chi connectivity index (χ3n) is 4.28. The molecule has 2 aliphatic heterocycles. The second-order valence-corrected chi connectivity index (χ2v) is 6.37. The Morgan fingerprint density at radius 3 is 2.20 bits per heavy atom. The topological polar surface area (TPSA) is 43.5 Å². The summed E-state index contributed by atoms with van der Waals surface area (Å²) in [6, 6.07) is 14.4. The minimum atomic E-state index is 0.254. The Bertz CT molecular complexity index is 730. The van der Waals surface area contributed by atoms with E-state index in [4.69, 9.17) is 18.9 Å². The molecule has 0 saturated carbocycles. The monoisotopic (exact) mass is 338 g/mol. The number of hydrogen-bond acceptors (Lipinski definition) is 4. The third kappa shape index (κ3) is 4.41. The molecule has 2 atom stereocenters. The van der Waals surface area contributed by atoms with Crippen LogP contribution in [0.4, 0.5) is 0 Å². The molecule has 0 spiro atoms. The summed E-state index contributed by atoms with van der Waals surface area (Å²) in [5.74, 6) is 1.78. The molecule has 4 rings (SSSR count). The van der Waals surface area contributed by atoms with E-state index in [1.54, 1.807) is 0 Å². The first-order valence-corrected chi connectivity index (χ1v) is 8.65. The van der Waals surface area contributed by atoms with Crippen LogP contribution < -0.4 is 9.47 Å². The molecule has 130 valence electrons. The summed E-state index contributed by atoms with van der Waals surface area (Å²) in [6.07, 6.45) is 3.20. The zero-order valence-corrected chi connectivity index (χ0v) is 14.1. The molecule has 0 bridgehead atoms. The first-order valence-electron chi connectivity index (χ1n) is 8.65. The van der Waals surface area contributed by atoms with Crippen molar-refractivity contribution in [2.75, 3.05) is 26.4 Å². The van der Waals surface area contributed by atoms with Crippen LogP contribution in [0.1, 0.15) is 5.56 Å². The van der Waals surface area contributed by atoms with Gasteiger partial charge in [0.05, 0.1) is 13.2 Å². The average Bonchev–Trinajstić information content (AvgIpc) is 3.55. The van der Waals surface area contributed by atoms with Gasteiger partial charge in [-0.25, -0.2) is 0 Å². The molecule has 2 fully saturated rings. The van der Waals surface area contributed by atoms with Gasteiger partial charge in [0.25, 0.3) is 0 Å². The molecule has 0 amide bonds. The minimum Gasteiger partial charge on any atom is -0.491 e. The molecule has 0 aliphatic carbocycles. The molecule has 25 heavy (non-hydrogen) atoms. The van der Waals surface area contributed by atoms with Gasteiger partial charge in [0, 0.05) is 0 Å². The van der Waals surface area contributed by atoms with Crippen LogP contribution in [0.15, 0.2) is 55.1 Å². The van der Waals surface area contributed by atoms with Crippen molar-refractivity contribution in [3.63, 3.8) is 0 Å². The fourth-order valence-electron chi connectivity index (χ4n) is 2.66. The van der Waals surface area contributed by atoms with E-state index in [2.05, 4.69) is 30.8 Å². The lowest BCUT2D eigenvalue weighted by Gasteiger charge is -2.12. The van der Waals surface area contributed by atoms with Gasteiger partial charge in [0.2, 0.25) is 0 Å². The molecule has 4 heteroatoms. The van der Waals surface area contributed by atoms with E-state index >= 15 is 0 Å². The normalized spacial score (nSPS) is 20.8. The molecule has 2 aromatic rings. The van der Waals surface area contributed by atoms with Crippen molar-refractivity contribution in [3.05, 3.63) is 60.7 Å². The fourth-order valence-corrected chi connectivity index (χ4v) is 2.66. The molecule has 0 radical (unpaired) electrons. The van der Waals surface area contributed by atoms with Gasteiger partial charge < -0.3 is 18.9 Å². The van der Waals surface area contributed by atoms with E-state index in [0.717, 1.165) is 47.8 Å². The predicted octanol–water partition coefficient (Wildman–Crippen LogP) is 3.64. The van der Waals surface area contributed by atoms with E-state index in [9.17, 15) is 0 Å². The van der Waals surface area contributed by atoms with Crippen LogP contribution in [0.25, 0.3) is 11.1 Å². The number of ether oxygens (including phenoxy) is 4. The quantitative estimate of drug-likeness (QED) is 0.517. The van der Waals surface area contributed by atoms with Gasteiger partial charge >= 0.3 is 0 Å². The SMILES string of the molecule is C=CCc1cc(-c2ccc(OCC3CO3)cc2)ccc1OCC1CO1. The number of benzene rings is 2. The van der Waals surface area contributed by atoms with E-state index in [0.29, 0.717) is 13.2 Å². The number of hydrogen-bond donors (Lipinski definition) is 0. The second-order valence-electron chi connectivity index (χ2n) is 6.37. The van der Waals surface area contributed by atoms with Crippen molar-refractivity contribution in [2.24, 2.45) is 0 Å². The van der Waals surface area contributed by atoms with Crippen LogP contribution in [-0.2, 0) is 15.9 Å². The second kappa shape index (κ2) is 7.30. The number of allylic oxidation sites excluding steroid dienone is 1.